The number of carbonyl (C=O) groups is 1. The molecule has 6 heteroatoms. The van der Waals surface area contributed by atoms with Gasteiger partial charge >= 0.3 is 6.09 Å². The predicted molar refractivity (Wildman–Crippen MR) is 65.7 cm³/mol. The van der Waals surface area contributed by atoms with Gasteiger partial charge in [0.05, 0.1) is 19.2 Å². The molecule has 0 bridgehead atoms. The molecule has 0 N–H and O–H groups in total. The van der Waals surface area contributed by atoms with Crippen LogP contribution in [0.5, 0.6) is 0 Å². The average Bonchev–Trinajstić information content (AvgIpc) is 2.12. The zero-order chi connectivity index (χ0) is 14.9. The van der Waals surface area contributed by atoms with Gasteiger partial charge in [0.2, 0.25) is 0 Å². The number of halogens is 2. The van der Waals surface area contributed by atoms with Crippen molar-refractivity contribution in [3.05, 3.63) is 0 Å². The molecule has 19 heavy (non-hydrogen) atoms. The first-order chi connectivity index (χ1) is 8.57. The molecule has 0 atom stereocenters. The molecule has 1 aliphatic rings. The normalized spacial score (nSPS) is 18.5. The Hall–Kier alpha value is -1.38. The Labute approximate surface area is 112 Å². The highest BCUT2D eigenvalue weighted by Gasteiger charge is 2.62. The van der Waals surface area contributed by atoms with E-state index in [1.54, 1.807) is 33.8 Å². The first-order valence-electron chi connectivity index (χ1n) is 6.34. The van der Waals surface area contributed by atoms with Gasteiger partial charge in [-0.05, 0) is 20.8 Å². The van der Waals surface area contributed by atoms with Crippen molar-refractivity contribution in [2.45, 2.75) is 52.1 Å². The number of alkyl halides is 2. The Morgan fingerprint density at radius 2 is 1.95 bits per heavy atom. The quantitative estimate of drug-likeness (QED) is 0.794. The summed E-state index contributed by atoms with van der Waals surface area (Å²) in [5, 5.41) is 9.02. The van der Waals surface area contributed by atoms with Crippen LogP contribution in [0.2, 0.25) is 0 Å². The van der Waals surface area contributed by atoms with E-state index in [1.165, 1.54) is 0 Å². The summed E-state index contributed by atoms with van der Waals surface area (Å²) >= 11 is 0. The van der Waals surface area contributed by atoms with Gasteiger partial charge in [0.25, 0.3) is 5.92 Å². The molecule has 0 aliphatic carbocycles. The number of nitrogens with zero attached hydrogens (tertiary/aromatic N) is 2. The van der Waals surface area contributed by atoms with Crippen molar-refractivity contribution >= 4 is 6.09 Å². The zero-order valence-corrected chi connectivity index (χ0v) is 11.8. The summed E-state index contributed by atoms with van der Waals surface area (Å²) in [6.45, 7) is 6.20. The second-order valence-electron chi connectivity index (χ2n) is 5.98. The van der Waals surface area contributed by atoms with E-state index in [4.69, 9.17) is 10.00 Å². The van der Waals surface area contributed by atoms with Crippen molar-refractivity contribution in [1.29, 1.82) is 5.26 Å². The minimum absolute atomic E-state index is 0.272. The Bertz CT molecular complexity index is 390. The van der Waals surface area contributed by atoms with Gasteiger partial charge in [-0.2, -0.15) is 5.26 Å². The van der Waals surface area contributed by atoms with E-state index in [0.717, 1.165) is 4.90 Å². The molecule has 0 unspecified atom stereocenters. The largest absolute Gasteiger partial charge is 0.444 e. The summed E-state index contributed by atoms with van der Waals surface area (Å²) in [6, 6.07) is 1.69. The molecule has 1 amide bonds. The Morgan fingerprint density at radius 1 is 1.42 bits per heavy atom. The molecule has 1 heterocycles. The Balaban J connectivity index is 2.68. The number of hydrogen-bond donors (Lipinski definition) is 0. The Kier molecular flexibility index (Phi) is 4.08. The molecule has 1 saturated heterocycles. The summed E-state index contributed by atoms with van der Waals surface area (Å²) in [7, 11) is 0. The maximum atomic E-state index is 13.9. The number of carbonyl (C=O) groups excluding carboxylic acids is 1. The minimum Gasteiger partial charge on any atom is -0.444 e. The maximum absolute atomic E-state index is 13.9. The summed E-state index contributed by atoms with van der Waals surface area (Å²) in [5.74, 6) is -3.07. The van der Waals surface area contributed by atoms with Crippen molar-refractivity contribution in [2.24, 2.45) is 5.41 Å². The van der Waals surface area contributed by atoms with Gasteiger partial charge in [0.15, 0.2) is 5.41 Å². The van der Waals surface area contributed by atoms with Gasteiger partial charge in [-0.25, -0.2) is 13.6 Å². The number of ether oxygens (including phenoxy) is 1. The SMILES string of the molecule is CCCC(F)(F)C1(C#N)CN(C(=O)OC(C)(C)C)C1. The topological polar surface area (TPSA) is 53.3 Å². The molecule has 0 saturated carbocycles. The minimum atomic E-state index is -3.07. The maximum Gasteiger partial charge on any atom is 0.410 e. The number of likely N-dealkylation sites (tertiary alicyclic amines) is 1. The molecule has 1 rings (SSSR count). The van der Waals surface area contributed by atoms with Crippen LogP contribution in [0.3, 0.4) is 0 Å². The van der Waals surface area contributed by atoms with Crippen LogP contribution < -0.4 is 0 Å². The van der Waals surface area contributed by atoms with Crippen LogP contribution in [0, 0.1) is 16.7 Å². The van der Waals surface area contributed by atoms with Crippen LogP contribution in [0.25, 0.3) is 0 Å². The van der Waals surface area contributed by atoms with Crippen LogP contribution in [0.15, 0.2) is 0 Å². The molecular weight excluding hydrogens is 254 g/mol. The van der Waals surface area contributed by atoms with Gasteiger partial charge in [0.1, 0.15) is 5.60 Å². The molecule has 0 radical (unpaired) electrons. The highest BCUT2D eigenvalue weighted by Crippen LogP contribution is 2.46. The van der Waals surface area contributed by atoms with Crippen molar-refractivity contribution in [3.8, 4) is 6.07 Å². The molecule has 0 spiro atoms. The highest BCUT2D eigenvalue weighted by atomic mass is 19.3. The van der Waals surface area contributed by atoms with E-state index < -0.39 is 23.0 Å². The van der Waals surface area contributed by atoms with E-state index in [2.05, 4.69) is 0 Å². The fraction of sp³-hybridized carbons (Fsp3) is 0.846. The third-order valence-corrected chi connectivity index (χ3v) is 3.05. The molecular formula is C13H20F2N2O2. The van der Waals surface area contributed by atoms with Gasteiger partial charge in [-0.3, -0.25) is 0 Å². The smallest absolute Gasteiger partial charge is 0.410 e. The second kappa shape index (κ2) is 4.95. The lowest BCUT2D eigenvalue weighted by molar-refractivity contribution is -0.159. The van der Waals surface area contributed by atoms with Crippen LogP contribution in [0.1, 0.15) is 40.5 Å². The van der Waals surface area contributed by atoms with Crippen molar-refractivity contribution in [3.63, 3.8) is 0 Å². The number of amides is 1. The molecule has 108 valence electrons. The van der Waals surface area contributed by atoms with Crippen LogP contribution in [-0.2, 0) is 4.74 Å². The molecule has 0 aromatic heterocycles. The lowest BCUT2D eigenvalue weighted by atomic mass is 9.74. The lowest BCUT2D eigenvalue weighted by Crippen LogP contribution is -2.65. The fourth-order valence-electron chi connectivity index (χ4n) is 2.00. The van der Waals surface area contributed by atoms with Crippen LogP contribution in [-0.4, -0.2) is 35.6 Å². The first kappa shape index (κ1) is 15.7. The van der Waals surface area contributed by atoms with Crippen molar-refractivity contribution in [1.82, 2.24) is 4.90 Å². The first-order valence-corrected chi connectivity index (χ1v) is 6.34. The van der Waals surface area contributed by atoms with Gasteiger partial charge in [-0.15, -0.1) is 0 Å². The summed E-state index contributed by atoms with van der Waals surface area (Å²) in [5.41, 5.74) is -2.44. The monoisotopic (exact) mass is 274 g/mol. The standard InChI is InChI=1S/C13H20F2N2O2/c1-5-6-13(14,15)12(7-16)8-17(9-12)10(18)19-11(2,3)4/h5-6,8-9H2,1-4H3. The summed E-state index contributed by atoms with van der Waals surface area (Å²) < 4.78 is 32.9. The van der Waals surface area contributed by atoms with E-state index >= 15 is 0 Å². The van der Waals surface area contributed by atoms with Crippen LogP contribution in [0.4, 0.5) is 13.6 Å². The van der Waals surface area contributed by atoms with Crippen molar-refractivity contribution < 1.29 is 18.3 Å². The predicted octanol–water partition coefficient (Wildman–Crippen LogP) is 3.18. The molecule has 4 nitrogen and oxygen atoms in total. The van der Waals surface area contributed by atoms with E-state index in [0.29, 0.717) is 6.42 Å². The third kappa shape index (κ3) is 3.14. The average molecular weight is 274 g/mol. The van der Waals surface area contributed by atoms with E-state index in [-0.39, 0.29) is 19.5 Å². The molecule has 0 aromatic carbocycles. The molecule has 1 aliphatic heterocycles. The number of hydrogen-bond acceptors (Lipinski definition) is 3. The molecule has 1 fully saturated rings. The zero-order valence-electron chi connectivity index (χ0n) is 11.8. The summed E-state index contributed by atoms with van der Waals surface area (Å²) in [6.07, 6.45) is -0.698. The second-order valence-corrected chi connectivity index (χ2v) is 5.98. The fourth-order valence-corrected chi connectivity index (χ4v) is 2.00. The number of nitriles is 1. The Morgan fingerprint density at radius 3 is 2.32 bits per heavy atom. The van der Waals surface area contributed by atoms with Crippen molar-refractivity contribution in [2.75, 3.05) is 13.1 Å². The van der Waals surface area contributed by atoms with Gasteiger partial charge < -0.3 is 9.64 Å². The van der Waals surface area contributed by atoms with E-state index in [1.807, 2.05) is 0 Å². The van der Waals surface area contributed by atoms with Gasteiger partial charge in [-0.1, -0.05) is 13.3 Å². The third-order valence-electron chi connectivity index (χ3n) is 3.05. The highest BCUT2D eigenvalue weighted by molar-refractivity contribution is 5.70. The van der Waals surface area contributed by atoms with Crippen LogP contribution >= 0.6 is 0 Å². The number of rotatable bonds is 3. The van der Waals surface area contributed by atoms with Gasteiger partial charge in [0, 0.05) is 6.42 Å². The lowest BCUT2D eigenvalue weighted by Gasteiger charge is -2.48. The summed E-state index contributed by atoms with van der Waals surface area (Å²) in [4.78, 5) is 12.8. The van der Waals surface area contributed by atoms with E-state index in [9.17, 15) is 13.6 Å². The molecule has 0 aromatic rings.